The van der Waals surface area contributed by atoms with Crippen LogP contribution in [0.3, 0.4) is 0 Å². The molecule has 0 radical (unpaired) electrons. The number of aryl methyl sites for hydroxylation is 1. The van der Waals surface area contributed by atoms with E-state index in [9.17, 15) is 19.7 Å². The minimum absolute atomic E-state index is 0.0288. The summed E-state index contributed by atoms with van der Waals surface area (Å²) in [4.78, 5) is 41.4. The molecule has 1 heterocycles. The highest BCUT2D eigenvalue weighted by molar-refractivity contribution is 7.99. The number of nitro benzene ring substituents is 1. The summed E-state index contributed by atoms with van der Waals surface area (Å²) < 4.78 is 1.64. The van der Waals surface area contributed by atoms with Crippen LogP contribution in [0, 0.1) is 17.0 Å². The van der Waals surface area contributed by atoms with E-state index in [1.54, 1.807) is 35.8 Å². The van der Waals surface area contributed by atoms with Gasteiger partial charge in [0.05, 0.1) is 21.6 Å². The summed E-state index contributed by atoms with van der Waals surface area (Å²) in [6, 6.07) is 11.8. The third-order valence-corrected chi connectivity index (χ3v) is 6.89. The van der Waals surface area contributed by atoms with E-state index < -0.39 is 10.8 Å². The molecule has 1 aliphatic rings. The van der Waals surface area contributed by atoms with E-state index in [4.69, 9.17) is 0 Å². The van der Waals surface area contributed by atoms with Crippen LogP contribution in [0.25, 0.3) is 10.9 Å². The van der Waals surface area contributed by atoms with Gasteiger partial charge in [0.25, 0.3) is 11.2 Å². The number of hydrogen-bond acceptors (Lipinski definition) is 6. The third-order valence-electron chi connectivity index (χ3n) is 5.91. The van der Waals surface area contributed by atoms with Gasteiger partial charge in [-0.05, 0) is 56.7 Å². The summed E-state index contributed by atoms with van der Waals surface area (Å²) in [5, 5.41) is 15.0. The highest BCUT2D eigenvalue weighted by Crippen LogP contribution is 2.28. The molecule has 2 aromatic carbocycles. The Morgan fingerprint density at radius 1 is 1.21 bits per heavy atom. The van der Waals surface area contributed by atoms with Crippen molar-refractivity contribution in [1.29, 1.82) is 0 Å². The lowest BCUT2D eigenvalue weighted by atomic mass is 9.97. The van der Waals surface area contributed by atoms with Crippen LogP contribution in [0.5, 0.6) is 0 Å². The summed E-state index contributed by atoms with van der Waals surface area (Å²) in [6.07, 6.45) is 7.54. The Bertz CT molecular complexity index is 1330. The Kier molecular flexibility index (Phi) is 7.42. The molecule has 0 spiro atoms. The van der Waals surface area contributed by atoms with E-state index in [1.165, 1.54) is 24.5 Å². The summed E-state index contributed by atoms with van der Waals surface area (Å²) in [5.41, 5.74) is 2.45. The Morgan fingerprint density at radius 2 is 2.03 bits per heavy atom. The largest absolute Gasteiger partial charge is 0.319 e. The molecule has 0 aliphatic heterocycles. The SMILES string of the molecule is Cc1cccc([N+](=O)[O-])c1NC(=O)CSc1nc2ccccc2c(=O)n1CCC1=CCCCC1. The van der Waals surface area contributed by atoms with Crippen molar-refractivity contribution in [3.8, 4) is 0 Å². The number of thioether (sulfide) groups is 1. The summed E-state index contributed by atoms with van der Waals surface area (Å²) in [5.74, 6) is -0.426. The molecule has 1 N–H and O–H groups in total. The van der Waals surface area contributed by atoms with Gasteiger partial charge >= 0.3 is 0 Å². The molecular weight excluding hydrogens is 452 g/mol. The zero-order chi connectivity index (χ0) is 24.1. The fourth-order valence-electron chi connectivity index (χ4n) is 4.11. The van der Waals surface area contributed by atoms with Crippen LogP contribution >= 0.6 is 11.8 Å². The average molecular weight is 479 g/mol. The topological polar surface area (TPSA) is 107 Å². The van der Waals surface area contributed by atoms with Crippen LogP contribution in [-0.2, 0) is 11.3 Å². The van der Waals surface area contributed by atoms with Crippen LogP contribution in [0.1, 0.15) is 37.7 Å². The maximum atomic E-state index is 13.2. The zero-order valence-electron chi connectivity index (χ0n) is 19.0. The highest BCUT2D eigenvalue weighted by atomic mass is 32.2. The molecule has 0 saturated carbocycles. The summed E-state index contributed by atoms with van der Waals surface area (Å²) in [6.45, 7) is 2.20. The first-order valence-corrected chi connectivity index (χ1v) is 12.3. The summed E-state index contributed by atoms with van der Waals surface area (Å²) in [7, 11) is 0. The first kappa shape index (κ1) is 23.7. The fraction of sp³-hybridized carbons (Fsp3) is 0.320. The lowest BCUT2D eigenvalue weighted by Gasteiger charge is -2.16. The first-order valence-electron chi connectivity index (χ1n) is 11.3. The predicted octanol–water partition coefficient (Wildman–Crippen LogP) is 5.23. The number of para-hydroxylation sites is 2. The quantitative estimate of drug-likeness (QED) is 0.156. The van der Waals surface area contributed by atoms with Crippen LogP contribution in [0.4, 0.5) is 11.4 Å². The molecule has 3 aromatic rings. The molecule has 0 atom stereocenters. The molecule has 0 fully saturated rings. The molecule has 8 nitrogen and oxygen atoms in total. The first-order chi connectivity index (χ1) is 16.4. The van der Waals surface area contributed by atoms with Crippen molar-refractivity contribution in [3.63, 3.8) is 0 Å². The summed E-state index contributed by atoms with van der Waals surface area (Å²) >= 11 is 1.16. The maximum Gasteiger partial charge on any atom is 0.293 e. The number of nitro groups is 1. The molecule has 9 heteroatoms. The number of fused-ring (bicyclic) bond motifs is 1. The number of carbonyl (C=O) groups excluding carboxylic acids is 1. The Morgan fingerprint density at radius 3 is 2.79 bits per heavy atom. The molecule has 34 heavy (non-hydrogen) atoms. The van der Waals surface area contributed by atoms with E-state index in [0.717, 1.165) is 31.0 Å². The molecular formula is C25H26N4O4S. The van der Waals surface area contributed by atoms with Crippen LogP contribution in [0.15, 0.2) is 64.1 Å². The van der Waals surface area contributed by atoms with Gasteiger partial charge in [0.15, 0.2) is 5.16 Å². The second kappa shape index (κ2) is 10.6. The number of carbonyl (C=O) groups is 1. The van der Waals surface area contributed by atoms with E-state index in [2.05, 4.69) is 16.4 Å². The van der Waals surface area contributed by atoms with Gasteiger partial charge in [0, 0.05) is 12.6 Å². The van der Waals surface area contributed by atoms with Crippen molar-refractivity contribution in [2.45, 2.75) is 50.7 Å². The number of aromatic nitrogens is 2. The van der Waals surface area contributed by atoms with E-state index >= 15 is 0 Å². The minimum atomic E-state index is -0.516. The van der Waals surface area contributed by atoms with Gasteiger partial charge in [-0.15, -0.1) is 0 Å². The second-order valence-corrected chi connectivity index (χ2v) is 9.23. The third kappa shape index (κ3) is 5.36. The maximum absolute atomic E-state index is 13.2. The lowest BCUT2D eigenvalue weighted by molar-refractivity contribution is -0.384. The Balaban J connectivity index is 1.56. The number of nitrogens with one attached hydrogen (secondary N) is 1. The second-order valence-electron chi connectivity index (χ2n) is 8.29. The molecule has 0 saturated heterocycles. The normalized spacial score (nSPS) is 13.5. The molecule has 4 rings (SSSR count). The molecule has 0 bridgehead atoms. The predicted molar refractivity (Wildman–Crippen MR) is 134 cm³/mol. The van der Waals surface area contributed by atoms with E-state index in [-0.39, 0.29) is 22.7 Å². The van der Waals surface area contributed by atoms with Crippen molar-refractivity contribution >= 4 is 39.9 Å². The van der Waals surface area contributed by atoms with Crippen molar-refractivity contribution < 1.29 is 9.72 Å². The van der Waals surface area contributed by atoms with Gasteiger partial charge in [0.2, 0.25) is 5.91 Å². The number of allylic oxidation sites excluding steroid dienone is 2. The van der Waals surface area contributed by atoms with Crippen LogP contribution < -0.4 is 10.9 Å². The number of anilines is 1. The number of hydrogen-bond donors (Lipinski definition) is 1. The van der Waals surface area contributed by atoms with Crippen molar-refractivity contribution in [1.82, 2.24) is 9.55 Å². The number of amides is 1. The molecule has 1 aromatic heterocycles. The fourth-order valence-corrected chi connectivity index (χ4v) is 4.94. The van der Waals surface area contributed by atoms with Gasteiger partial charge in [-0.3, -0.25) is 24.3 Å². The molecule has 1 aliphatic carbocycles. The molecule has 1 amide bonds. The van der Waals surface area contributed by atoms with Crippen molar-refractivity contribution in [2.75, 3.05) is 11.1 Å². The number of rotatable bonds is 8. The van der Waals surface area contributed by atoms with E-state index in [0.29, 0.717) is 28.2 Å². The Labute approximate surface area is 201 Å². The number of nitrogens with zero attached hydrogens (tertiary/aromatic N) is 3. The van der Waals surface area contributed by atoms with Gasteiger partial charge in [-0.1, -0.05) is 47.7 Å². The Hall–Kier alpha value is -3.46. The van der Waals surface area contributed by atoms with E-state index in [1.807, 2.05) is 12.1 Å². The van der Waals surface area contributed by atoms with Crippen molar-refractivity contribution in [3.05, 3.63) is 80.1 Å². The average Bonchev–Trinajstić information content (AvgIpc) is 2.84. The molecule has 176 valence electrons. The van der Waals surface area contributed by atoms with Crippen LogP contribution in [-0.4, -0.2) is 26.1 Å². The smallest absolute Gasteiger partial charge is 0.293 e. The van der Waals surface area contributed by atoms with Gasteiger partial charge < -0.3 is 5.32 Å². The zero-order valence-corrected chi connectivity index (χ0v) is 19.8. The monoisotopic (exact) mass is 478 g/mol. The highest BCUT2D eigenvalue weighted by Gasteiger charge is 2.19. The van der Waals surface area contributed by atoms with Crippen LogP contribution in [0.2, 0.25) is 0 Å². The minimum Gasteiger partial charge on any atom is -0.319 e. The lowest BCUT2D eigenvalue weighted by Crippen LogP contribution is -2.25. The van der Waals surface area contributed by atoms with Gasteiger partial charge in [-0.25, -0.2) is 4.98 Å². The standard InChI is InChI=1S/C25H26N4O4S/c1-17-8-7-13-21(29(32)33)23(17)27-22(30)16-34-25-26-20-12-6-5-11-19(20)24(31)28(25)15-14-18-9-3-2-4-10-18/h5-9,11-13H,2-4,10,14-16H2,1H3,(H,27,30). The van der Waals surface area contributed by atoms with Gasteiger partial charge in [-0.2, -0.15) is 0 Å². The number of benzene rings is 2. The van der Waals surface area contributed by atoms with Crippen molar-refractivity contribution in [2.24, 2.45) is 0 Å². The van der Waals surface area contributed by atoms with Gasteiger partial charge in [0.1, 0.15) is 5.69 Å². The molecule has 0 unspecified atom stereocenters.